The first kappa shape index (κ1) is 12.6. The van der Waals surface area contributed by atoms with Crippen molar-refractivity contribution in [3.8, 4) is 11.1 Å². The number of halogens is 3. The quantitative estimate of drug-likeness (QED) is 0.863. The number of rotatable bonds is 2. The van der Waals surface area contributed by atoms with Crippen LogP contribution in [0.4, 0.5) is 13.2 Å². The van der Waals surface area contributed by atoms with Crippen molar-refractivity contribution in [2.24, 2.45) is 5.73 Å². The maximum Gasteiger partial charge on any atom is 0.131 e. The van der Waals surface area contributed by atoms with E-state index >= 15 is 0 Å². The minimum Gasteiger partial charge on any atom is -0.324 e. The van der Waals surface area contributed by atoms with Crippen LogP contribution in [-0.4, -0.2) is 0 Å². The van der Waals surface area contributed by atoms with Gasteiger partial charge in [0.05, 0.1) is 0 Å². The molecule has 0 bridgehead atoms. The van der Waals surface area contributed by atoms with Crippen molar-refractivity contribution in [3.05, 3.63) is 59.4 Å². The van der Waals surface area contributed by atoms with Gasteiger partial charge < -0.3 is 5.73 Å². The van der Waals surface area contributed by atoms with Gasteiger partial charge in [0.25, 0.3) is 0 Å². The molecular weight excluding hydrogens is 239 g/mol. The first-order chi connectivity index (χ1) is 8.49. The van der Waals surface area contributed by atoms with Crippen LogP contribution in [-0.2, 0) is 0 Å². The lowest BCUT2D eigenvalue weighted by atomic mass is 9.95. The third-order valence-electron chi connectivity index (χ3n) is 2.72. The summed E-state index contributed by atoms with van der Waals surface area (Å²) in [5.74, 6) is -1.70. The van der Waals surface area contributed by atoms with Crippen LogP contribution < -0.4 is 5.73 Å². The molecular formula is C14H12F3N. The summed E-state index contributed by atoms with van der Waals surface area (Å²) in [4.78, 5) is 0. The van der Waals surface area contributed by atoms with Gasteiger partial charge in [-0.15, -0.1) is 0 Å². The average Bonchev–Trinajstić information content (AvgIpc) is 2.31. The van der Waals surface area contributed by atoms with Gasteiger partial charge >= 0.3 is 0 Å². The summed E-state index contributed by atoms with van der Waals surface area (Å²) in [5.41, 5.74) is 6.62. The van der Waals surface area contributed by atoms with Crippen molar-refractivity contribution < 1.29 is 13.2 Å². The summed E-state index contributed by atoms with van der Waals surface area (Å²) >= 11 is 0. The van der Waals surface area contributed by atoms with Crippen LogP contribution in [0.3, 0.4) is 0 Å². The molecule has 2 N–H and O–H groups in total. The lowest BCUT2D eigenvalue weighted by Gasteiger charge is -2.13. The minimum atomic E-state index is -0.607. The molecule has 0 aliphatic rings. The van der Waals surface area contributed by atoms with E-state index in [4.69, 9.17) is 5.73 Å². The van der Waals surface area contributed by atoms with Crippen LogP contribution in [0.25, 0.3) is 11.1 Å². The molecule has 1 atom stereocenters. The first-order valence-electron chi connectivity index (χ1n) is 5.49. The van der Waals surface area contributed by atoms with Crippen molar-refractivity contribution in [1.29, 1.82) is 0 Å². The normalized spacial score (nSPS) is 12.5. The SMILES string of the molecule is CC(N)c1ccc(F)cc1-c1cc(F)ccc1F. The molecule has 18 heavy (non-hydrogen) atoms. The van der Waals surface area contributed by atoms with E-state index in [1.807, 2.05) is 0 Å². The Morgan fingerprint density at radius 1 is 0.889 bits per heavy atom. The summed E-state index contributed by atoms with van der Waals surface area (Å²) in [6.07, 6.45) is 0. The van der Waals surface area contributed by atoms with E-state index in [0.717, 1.165) is 24.3 Å². The molecule has 4 heteroatoms. The highest BCUT2D eigenvalue weighted by Crippen LogP contribution is 2.30. The first-order valence-corrected chi connectivity index (χ1v) is 5.49. The lowest BCUT2D eigenvalue weighted by molar-refractivity contribution is 0.601. The summed E-state index contributed by atoms with van der Waals surface area (Å²) in [7, 11) is 0. The van der Waals surface area contributed by atoms with Crippen LogP contribution in [0.2, 0.25) is 0 Å². The van der Waals surface area contributed by atoms with Crippen molar-refractivity contribution in [2.75, 3.05) is 0 Å². The summed E-state index contributed by atoms with van der Waals surface area (Å²) in [5, 5.41) is 0. The summed E-state index contributed by atoms with van der Waals surface area (Å²) < 4.78 is 40.1. The van der Waals surface area contributed by atoms with Crippen molar-refractivity contribution in [1.82, 2.24) is 0 Å². The molecule has 2 aromatic carbocycles. The molecule has 0 fully saturated rings. The highest BCUT2D eigenvalue weighted by atomic mass is 19.1. The number of nitrogens with two attached hydrogens (primary N) is 1. The fourth-order valence-corrected chi connectivity index (χ4v) is 1.86. The van der Waals surface area contributed by atoms with Gasteiger partial charge in [0.15, 0.2) is 0 Å². The zero-order valence-corrected chi connectivity index (χ0v) is 9.75. The third kappa shape index (κ3) is 2.38. The number of hydrogen-bond donors (Lipinski definition) is 1. The zero-order chi connectivity index (χ0) is 13.3. The van der Waals surface area contributed by atoms with Gasteiger partial charge in [0, 0.05) is 11.6 Å². The average molecular weight is 251 g/mol. The Bertz CT molecular complexity index is 579. The van der Waals surface area contributed by atoms with E-state index in [1.165, 1.54) is 12.1 Å². The van der Waals surface area contributed by atoms with Crippen LogP contribution in [0.1, 0.15) is 18.5 Å². The molecule has 0 saturated heterocycles. The van der Waals surface area contributed by atoms with Gasteiger partial charge in [-0.25, -0.2) is 13.2 Å². The van der Waals surface area contributed by atoms with Crippen LogP contribution >= 0.6 is 0 Å². The molecule has 0 aromatic heterocycles. The minimum absolute atomic E-state index is 0.0156. The maximum absolute atomic E-state index is 13.7. The van der Waals surface area contributed by atoms with E-state index in [-0.39, 0.29) is 11.1 Å². The fourth-order valence-electron chi connectivity index (χ4n) is 1.86. The number of benzene rings is 2. The van der Waals surface area contributed by atoms with Crippen molar-refractivity contribution in [3.63, 3.8) is 0 Å². The van der Waals surface area contributed by atoms with Crippen LogP contribution in [0, 0.1) is 17.5 Å². The van der Waals surface area contributed by atoms with Gasteiger partial charge in [0.1, 0.15) is 17.5 Å². The molecule has 0 heterocycles. The molecule has 0 spiro atoms. The van der Waals surface area contributed by atoms with Crippen molar-refractivity contribution >= 4 is 0 Å². The molecule has 1 unspecified atom stereocenters. The van der Waals surface area contributed by atoms with Gasteiger partial charge in [-0.3, -0.25) is 0 Å². The zero-order valence-electron chi connectivity index (χ0n) is 9.75. The Kier molecular flexibility index (Phi) is 3.39. The summed E-state index contributed by atoms with van der Waals surface area (Å²) in [6, 6.07) is 6.57. The smallest absolute Gasteiger partial charge is 0.131 e. The second-order valence-electron chi connectivity index (χ2n) is 4.14. The molecule has 1 nitrogen and oxygen atoms in total. The maximum atomic E-state index is 13.7. The highest BCUT2D eigenvalue weighted by Gasteiger charge is 2.14. The van der Waals surface area contributed by atoms with E-state index in [0.29, 0.717) is 5.56 Å². The Balaban J connectivity index is 2.69. The summed E-state index contributed by atoms with van der Waals surface area (Å²) in [6.45, 7) is 1.70. The molecule has 0 saturated carbocycles. The largest absolute Gasteiger partial charge is 0.324 e. The molecule has 94 valence electrons. The highest BCUT2D eigenvalue weighted by molar-refractivity contribution is 5.68. The second-order valence-corrected chi connectivity index (χ2v) is 4.14. The molecule has 0 radical (unpaired) electrons. The van der Waals surface area contributed by atoms with Gasteiger partial charge in [-0.2, -0.15) is 0 Å². The van der Waals surface area contributed by atoms with Crippen molar-refractivity contribution in [2.45, 2.75) is 13.0 Å². The predicted molar refractivity (Wildman–Crippen MR) is 64.4 cm³/mol. The van der Waals surface area contributed by atoms with E-state index in [9.17, 15) is 13.2 Å². The van der Waals surface area contributed by atoms with Crippen LogP contribution in [0.15, 0.2) is 36.4 Å². The Labute approximate surface area is 103 Å². The Hall–Kier alpha value is -1.81. The van der Waals surface area contributed by atoms with E-state index < -0.39 is 23.5 Å². The third-order valence-corrected chi connectivity index (χ3v) is 2.72. The molecule has 2 rings (SSSR count). The second kappa shape index (κ2) is 4.82. The van der Waals surface area contributed by atoms with Gasteiger partial charge in [0.2, 0.25) is 0 Å². The van der Waals surface area contributed by atoms with Crippen LogP contribution in [0.5, 0.6) is 0 Å². The standard InChI is InChI=1S/C14H12F3N/c1-8(18)11-4-2-9(15)6-12(11)13-7-10(16)3-5-14(13)17/h2-8H,18H2,1H3. The Morgan fingerprint density at radius 3 is 2.06 bits per heavy atom. The molecule has 0 aliphatic carbocycles. The predicted octanol–water partition coefficient (Wildman–Crippen LogP) is 3.79. The van der Waals surface area contributed by atoms with Gasteiger partial charge in [-0.05, 0) is 48.4 Å². The fraction of sp³-hybridized carbons (Fsp3) is 0.143. The van der Waals surface area contributed by atoms with E-state index in [1.54, 1.807) is 6.92 Å². The Morgan fingerprint density at radius 2 is 1.44 bits per heavy atom. The monoisotopic (exact) mass is 251 g/mol. The van der Waals surface area contributed by atoms with Gasteiger partial charge in [-0.1, -0.05) is 6.07 Å². The topological polar surface area (TPSA) is 26.0 Å². The number of hydrogen-bond acceptors (Lipinski definition) is 1. The lowest BCUT2D eigenvalue weighted by Crippen LogP contribution is -2.07. The molecule has 0 amide bonds. The van der Waals surface area contributed by atoms with E-state index in [2.05, 4.69) is 0 Å². The molecule has 2 aromatic rings. The molecule has 0 aliphatic heterocycles.